The largest absolute Gasteiger partial charge is 0.383 e. The molecular formula is C14H18N4O. The van der Waals surface area contributed by atoms with Crippen molar-refractivity contribution >= 4 is 22.6 Å². The second kappa shape index (κ2) is 4.57. The summed E-state index contributed by atoms with van der Waals surface area (Å²) in [5.41, 5.74) is 8.12. The van der Waals surface area contributed by atoms with Gasteiger partial charge in [0.05, 0.1) is 5.52 Å². The van der Waals surface area contributed by atoms with Crippen molar-refractivity contribution in [2.75, 3.05) is 18.8 Å². The maximum Gasteiger partial charge on any atom is 0.219 e. The van der Waals surface area contributed by atoms with Crippen LogP contribution in [0.5, 0.6) is 0 Å². The minimum absolute atomic E-state index is 0.170. The summed E-state index contributed by atoms with van der Waals surface area (Å²) in [7, 11) is 0. The van der Waals surface area contributed by atoms with Crippen LogP contribution in [0.3, 0.4) is 0 Å². The number of amides is 1. The van der Waals surface area contributed by atoms with Crippen LogP contribution in [0.1, 0.15) is 31.4 Å². The first-order valence-corrected chi connectivity index (χ1v) is 6.64. The Morgan fingerprint density at radius 3 is 2.84 bits per heavy atom. The molecule has 100 valence electrons. The van der Waals surface area contributed by atoms with Gasteiger partial charge in [-0.3, -0.25) is 4.79 Å². The van der Waals surface area contributed by atoms with Crippen molar-refractivity contribution in [3.63, 3.8) is 0 Å². The fourth-order valence-electron chi connectivity index (χ4n) is 2.82. The van der Waals surface area contributed by atoms with E-state index in [4.69, 9.17) is 5.73 Å². The molecule has 0 saturated carbocycles. The molecule has 3 rings (SSSR count). The Kier molecular flexibility index (Phi) is 2.89. The molecule has 1 saturated heterocycles. The van der Waals surface area contributed by atoms with Crippen molar-refractivity contribution in [3.8, 4) is 0 Å². The first-order chi connectivity index (χ1) is 9.15. The van der Waals surface area contributed by atoms with E-state index in [0.29, 0.717) is 11.7 Å². The fraction of sp³-hybridized carbons (Fsp3) is 0.429. The highest BCUT2D eigenvalue weighted by Crippen LogP contribution is 2.31. The molecule has 1 aliphatic heterocycles. The van der Waals surface area contributed by atoms with E-state index in [1.165, 1.54) is 5.69 Å². The van der Waals surface area contributed by atoms with Gasteiger partial charge >= 0.3 is 0 Å². The van der Waals surface area contributed by atoms with E-state index in [-0.39, 0.29) is 5.91 Å². The molecule has 5 heteroatoms. The summed E-state index contributed by atoms with van der Waals surface area (Å²) >= 11 is 0. The van der Waals surface area contributed by atoms with Gasteiger partial charge in [-0.25, -0.2) is 4.98 Å². The zero-order valence-corrected chi connectivity index (χ0v) is 11.0. The number of H-pyrrole nitrogens is 1. The molecule has 3 heterocycles. The van der Waals surface area contributed by atoms with Gasteiger partial charge in [-0.1, -0.05) is 0 Å². The normalized spacial score (nSPS) is 17.0. The predicted octanol–water partition coefficient (Wildman–Crippen LogP) is 1.87. The van der Waals surface area contributed by atoms with Crippen molar-refractivity contribution in [1.82, 2.24) is 14.9 Å². The highest BCUT2D eigenvalue weighted by Gasteiger charge is 2.23. The molecule has 5 nitrogen and oxygen atoms in total. The van der Waals surface area contributed by atoms with E-state index >= 15 is 0 Å². The summed E-state index contributed by atoms with van der Waals surface area (Å²) < 4.78 is 0. The van der Waals surface area contributed by atoms with Crippen LogP contribution in [0.2, 0.25) is 0 Å². The molecule has 1 aliphatic rings. The van der Waals surface area contributed by atoms with Gasteiger partial charge < -0.3 is 15.6 Å². The number of aromatic amines is 1. The summed E-state index contributed by atoms with van der Waals surface area (Å²) in [5, 5.41) is 0.992. The average molecular weight is 258 g/mol. The van der Waals surface area contributed by atoms with Crippen LogP contribution in [-0.4, -0.2) is 33.9 Å². The zero-order chi connectivity index (χ0) is 13.4. The van der Waals surface area contributed by atoms with Gasteiger partial charge in [0.25, 0.3) is 0 Å². The van der Waals surface area contributed by atoms with Crippen LogP contribution in [0, 0.1) is 0 Å². The number of anilines is 1. The molecule has 19 heavy (non-hydrogen) atoms. The second-order valence-corrected chi connectivity index (χ2v) is 5.16. The molecule has 0 spiro atoms. The second-order valence-electron chi connectivity index (χ2n) is 5.16. The molecule has 1 amide bonds. The maximum absolute atomic E-state index is 11.3. The molecule has 0 bridgehead atoms. The lowest BCUT2D eigenvalue weighted by Crippen LogP contribution is -2.36. The first kappa shape index (κ1) is 12.0. The quantitative estimate of drug-likeness (QED) is 0.820. The summed E-state index contributed by atoms with van der Waals surface area (Å²) in [4.78, 5) is 20.8. The SMILES string of the molecule is CC(=O)N1CCC(c2cc3c(N)nccc3[nH]2)CC1. The van der Waals surface area contributed by atoms with Crippen LogP contribution < -0.4 is 5.73 Å². The fourth-order valence-corrected chi connectivity index (χ4v) is 2.82. The third kappa shape index (κ3) is 2.16. The summed E-state index contributed by atoms with van der Waals surface area (Å²) in [6.07, 6.45) is 3.72. The van der Waals surface area contributed by atoms with Crippen LogP contribution in [0.25, 0.3) is 10.9 Å². The van der Waals surface area contributed by atoms with E-state index in [0.717, 1.165) is 36.8 Å². The minimum atomic E-state index is 0.170. The highest BCUT2D eigenvalue weighted by atomic mass is 16.2. The van der Waals surface area contributed by atoms with Crippen molar-refractivity contribution in [2.24, 2.45) is 0 Å². The third-order valence-corrected chi connectivity index (χ3v) is 3.98. The van der Waals surface area contributed by atoms with Gasteiger partial charge in [-0.15, -0.1) is 0 Å². The number of piperidine rings is 1. The van der Waals surface area contributed by atoms with Gasteiger partial charge in [0.1, 0.15) is 5.82 Å². The zero-order valence-electron chi connectivity index (χ0n) is 11.0. The molecule has 1 fully saturated rings. The van der Waals surface area contributed by atoms with E-state index in [2.05, 4.69) is 16.0 Å². The van der Waals surface area contributed by atoms with Gasteiger partial charge in [0.2, 0.25) is 5.91 Å². The van der Waals surface area contributed by atoms with Gasteiger partial charge in [0, 0.05) is 43.2 Å². The predicted molar refractivity (Wildman–Crippen MR) is 74.7 cm³/mol. The molecule has 0 aliphatic carbocycles. The lowest BCUT2D eigenvalue weighted by atomic mass is 9.93. The Morgan fingerprint density at radius 1 is 1.47 bits per heavy atom. The average Bonchev–Trinajstić information content (AvgIpc) is 2.84. The monoisotopic (exact) mass is 258 g/mol. The number of nitrogens with zero attached hydrogens (tertiary/aromatic N) is 2. The number of likely N-dealkylation sites (tertiary alicyclic amines) is 1. The van der Waals surface area contributed by atoms with Gasteiger partial charge in [0.15, 0.2) is 0 Å². The minimum Gasteiger partial charge on any atom is -0.383 e. The number of aromatic nitrogens is 2. The van der Waals surface area contributed by atoms with Crippen LogP contribution in [0.4, 0.5) is 5.82 Å². The Hall–Kier alpha value is -2.04. The first-order valence-electron chi connectivity index (χ1n) is 6.64. The molecule has 0 atom stereocenters. The Balaban J connectivity index is 1.82. The smallest absolute Gasteiger partial charge is 0.219 e. The van der Waals surface area contributed by atoms with Gasteiger partial charge in [-0.2, -0.15) is 0 Å². The molecular weight excluding hydrogens is 240 g/mol. The number of carbonyl (C=O) groups excluding carboxylic acids is 1. The Bertz CT molecular complexity index is 611. The molecule has 3 N–H and O–H groups in total. The van der Waals surface area contributed by atoms with Gasteiger partial charge in [-0.05, 0) is 25.0 Å². The van der Waals surface area contributed by atoms with Crippen molar-refractivity contribution in [2.45, 2.75) is 25.7 Å². The third-order valence-electron chi connectivity index (χ3n) is 3.98. The maximum atomic E-state index is 11.3. The summed E-state index contributed by atoms with van der Waals surface area (Å²) in [5.74, 6) is 1.21. The number of fused-ring (bicyclic) bond motifs is 1. The highest BCUT2D eigenvalue weighted by molar-refractivity contribution is 5.89. The van der Waals surface area contributed by atoms with Crippen molar-refractivity contribution in [3.05, 3.63) is 24.0 Å². The number of hydrogen-bond donors (Lipinski definition) is 2. The number of carbonyl (C=O) groups is 1. The standard InChI is InChI=1S/C14H18N4O/c1-9(19)18-6-3-10(4-7-18)13-8-11-12(17-13)2-5-16-14(11)15/h2,5,8,10,17H,3-4,6-7H2,1H3,(H2,15,16). The number of nitrogens with two attached hydrogens (primary N) is 1. The number of rotatable bonds is 1. The molecule has 2 aromatic rings. The molecule has 0 unspecified atom stereocenters. The van der Waals surface area contributed by atoms with E-state index in [9.17, 15) is 4.79 Å². The summed E-state index contributed by atoms with van der Waals surface area (Å²) in [6.45, 7) is 3.31. The Labute approximate surface area is 111 Å². The lowest BCUT2D eigenvalue weighted by Gasteiger charge is -2.30. The van der Waals surface area contributed by atoms with E-state index in [1.54, 1.807) is 13.1 Å². The van der Waals surface area contributed by atoms with E-state index < -0.39 is 0 Å². The number of nitrogen functional groups attached to an aromatic ring is 1. The Morgan fingerprint density at radius 2 is 2.21 bits per heavy atom. The van der Waals surface area contributed by atoms with Crippen LogP contribution in [-0.2, 0) is 4.79 Å². The van der Waals surface area contributed by atoms with E-state index in [1.807, 2.05) is 11.0 Å². The molecule has 0 aromatic carbocycles. The van der Waals surface area contributed by atoms with Crippen molar-refractivity contribution in [1.29, 1.82) is 0 Å². The number of nitrogens with one attached hydrogen (secondary N) is 1. The molecule has 2 aromatic heterocycles. The summed E-state index contributed by atoms with van der Waals surface area (Å²) in [6, 6.07) is 4.05. The van der Waals surface area contributed by atoms with Crippen LogP contribution in [0.15, 0.2) is 18.3 Å². The lowest BCUT2D eigenvalue weighted by molar-refractivity contribution is -0.129. The topological polar surface area (TPSA) is 75.0 Å². The number of hydrogen-bond acceptors (Lipinski definition) is 3. The molecule has 0 radical (unpaired) electrons. The van der Waals surface area contributed by atoms with Crippen LogP contribution >= 0.6 is 0 Å². The van der Waals surface area contributed by atoms with Crippen molar-refractivity contribution < 1.29 is 4.79 Å². The number of pyridine rings is 1.